The number of benzene rings is 6. The van der Waals surface area contributed by atoms with Crippen LogP contribution >= 0.6 is 0 Å². The number of para-hydroxylation sites is 2. The van der Waals surface area contributed by atoms with E-state index in [1.165, 1.54) is 5.56 Å². The maximum atomic E-state index is 12.2. The first-order valence-electron chi connectivity index (χ1n) is 23.6. The number of hydrogen-bond donors (Lipinski definition) is 1. The van der Waals surface area contributed by atoms with Gasteiger partial charge in [-0.05, 0) is 81.2 Å². The predicted molar refractivity (Wildman–Crippen MR) is 247 cm³/mol. The Morgan fingerprint density at radius 2 is 1.30 bits per heavy atom. The summed E-state index contributed by atoms with van der Waals surface area (Å²) in [6.07, 6.45) is 1.55. The quantitative estimate of drug-likeness (QED) is 0.169. The van der Waals surface area contributed by atoms with E-state index in [1.54, 1.807) is 18.3 Å². The summed E-state index contributed by atoms with van der Waals surface area (Å²) < 4.78 is 60.6. The third kappa shape index (κ3) is 8.28. The van der Waals surface area contributed by atoms with Gasteiger partial charge in [-0.3, -0.25) is 9.55 Å². The molecule has 0 aliphatic heterocycles. The minimum atomic E-state index is -2.82. The van der Waals surface area contributed by atoms with Crippen LogP contribution in [0.25, 0.3) is 72.7 Å². The number of hydrogen-bond acceptors (Lipinski definition) is 3. The molecule has 0 spiro atoms. The van der Waals surface area contributed by atoms with Gasteiger partial charge in [-0.2, -0.15) is 0 Å². The number of aromatic nitrogens is 3. The molecular formula is C55H54N3OPt-. The molecule has 0 bridgehead atoms. The standard InChI is InChI=1S/C55H54N3O.Pt/c1-35-22-24-36(25-23-35)38-28-29-56-47(33-38)40-30-39(31-42(32-40)54(5,6)7)43-18-15-21-49-50(43)57-52(44-19-14-20-46(51(44)59)55(8,9)10)58(49)48-27-26-41(53(2,3)4)34-45(48)37-16-12-11-13-17-37;/h11-29,31-34,59H,1-10H3;/q-1;/i1D3,22D,23D,24D,25D;. The minimum Gasteiger partial charge on any atom is -0.507 e. The fourth-order valence-corrected chi connectivity index (χ4v) is 7.59. The van der Waals surface area contributed by atoms with Gasteiger partial charge < -0.3 is 5.11 Å². The van der Waals surface area contributed by atoms with Crippen molar-refractivity contribution in [2.24, 2.45) is 0 Å². The van der Waals surface area contributed by atoms with Crippen LogP contribution in [0.3, 0.4) is 0 Å². The van der Waals surface area contributed by atoms with Crippen LogP contribution in [0.15, 0.2) is 140 Å². The largest absolute Gasteiger partial charge is 0.507 e. The first kappa shape index (κ1) is 34.2. The Bertz CT molecular complexity index is 3160. The fraction of sp³-hybridized carbons (Fsp3) is 0.236. The molecule has 0 fully saturated rings. The van der Waals surface area contributed by atoms with Crippen molar-refractivity contribution in [1.82, 2.24) is 14.5 Å². The molecule has 8 rings (SSSR count). The van der Waals surface area contributed by atoms with Crippen molar-refractivity contribution in [2.45, 2.75) is 85.4 Å². The van der Waals surface area contributed by atoms with Gasteiger partial charge in [-0.15, -0.1) is 29.3 Å². The average Bonchev–Trinajstić information content (AvgIpc) is 3.64. The van der Waals surface area contributed by atoms with Crippen LogP contribution in [0.1, 0.15) is 94.2 Å². The summed E-state index contributed by atoms with van der Waals surface area (Å²) in [5, 5.41) is 12.2. The molecule has 0 unspecified atom stereocenters. The molecular weight excluding hydrogens is 914 g/mol. The van der Waals surface area contributed by atoms with E-state index in [-0.39, 0.29) is 48.6 Å². The number of phenolic OH excluding ortho intramolecular Hbond substituents is 1. The Labute approximate surface area is 380 Å². The van der Waals surface area contributed by atoms with Gasteiger partial charge in [0.15, 0.2) is 0 Å². The van der Waals surface area contributed by atoms with Gasteiger partial charge in [0.1, 0.15) is 11.6 Å². The molecule has 60 heavy (non-hydrogen) atoms. The second-order valence-electron chi connectivity index (χ2n) is 18.4. The summed E-state index contributed by atoms with van der Waals surface area (Å²) >= 11 is 0. The van der Waals surface area contributed by atoms with Crippen molar-refractivity contribution in [1.29, 1.82) is 0 Å². The van der Waals surface area contributed by atoms with E-state index in [2.05, 4.69) is 115 Å². The topological polar surface area (TPSA) is 50.9 Å². The van der Waals surface area contributed by atoms with Crippen LogP contribution in [0.5, 0.6) is 5.75 Å². The first-order valence-corrected chi connectivity index (χ1v) is 20.1. The van der Waals surface area contributed by atoms with Crippen LogP contribution < -0.4 is 0 Å². The molecule has 0 atom stereocenters. The van der Waals surface area contributed by atoms with Gasteiger partial charge in [0, 0.05) is 42.6 Å². The summed E-state index contributed by atoms with van der Waals surface area (Å²) in [5.74, 6) is 0.743. The van der Waals surface area contributed by atoms with E-state index in [0.717, 1.165) is 44.6 Å². The molecule has 2 aromatic heterocycles. The second-order valence-corrected chi connectivity index (χ2v) is 18.4. The third-order valence-corrected chi connectivity index (χ3v) is 10.9. The van der Waals surface area contributed by atoms with E-state index >= 15 is 0 Å². The second kappa shape index (κ2) is 16.1. The number of aromatic hydroxyl groups is 1. The van der Waals surface area contributed by atoms with Crippen LogP contribution in [0, 0.1) is 12.9 Å². The molecule has 2 heterocycles. The van der Waals surface area contributed by atoms with Gasteiger partial charge in [-0.25, -0.2) is 4.98 Å². The fourth-order valence-electron chi connectivity index (χ4n) is 7.59. The monoisotopic (exact) mass is 974 g/mol. The third-order valence-electron chi connectivity index (χ3n) is 10.9. The zero-order valence-electron chi connectivity index (χ0n) is 42.6. The SMILES string of the molecule is [2H]c1c([2H])c(C([2H])([2H])[2H])c([2H])c([2H])c1-c1ccnc(-c2[c-]c(-c3cccc4c3nc(-c3cccc(C(C)(C)C)c3O)n4-c3ccc(C(C)(C)C)cc3-c3ccccc3)cc(C(C)(C)C)c2)c1.[Pt]. The summed E-state index contributed by atoms with van der Waals surface area (Å²) in [6.45, 7) is 16.4. The molecule has 0 radical (unpaired) electrons. The van der Waals surface area contributed by atoms with E-state index in [4.69, 9.17) is 19.6 Å². The Hall–Kier alpha value is -5.57. The molecule has 0 saturated heterocycles. The smallest absolute Gasteiger partial charge is 0.148 e. The van der Waals surface area contributed by atoms with Crippen molar-refractivity contribution >= 4 is 11.0 Å². The van der Waals surface area contributed by atoms with E-state index in [9.17, 15) is 5.11 Å². The van der Waals surface area contributed by atoms with Crippen LogP contribution in [0.4, 0.5) is 0 Å². The number of fused-ring (bicyclic) bond motifs is 1. The van der Waals surface area contributed by atoms with Crippen molar-refractivity contribution in [3.05, 3.63) is 168 Å². The molecule has 1 N–H and O–H groups in total. The van der Waals surface area contributed by atoms with Gasteiger partial charge >= 0.3 is 0 Å². The zero-order valence-corrected chi connectivity index (χ0v) is 37.8. The summed E-state index contributed by atoms with van der Waals surface area (Å²) in [5.41, 5.74) is 9.63. The number of pyridine rings is 1. The van der Waals surface area contributed by atoms with E-state index in [1.807, 2.05) is 54.6 Å². The number of imidazole rings is 1. The summed E-state index contributed by atoms with van der Waals surface area (Å²) in [6, 6.07) is 37.9. The van der Waals surface area contributed by atoms with E-state index < -0.39 is 36.6 Å². The number of phenols is 1. The van der Waals surface area contributed by atoms with Gasteiger partial charge in [-0.1, -0.05) is 170 Å². The average molecular weight is 975 g/mol. The molecule has 4 nitrogen and oxygen atoms in total. The summed E-state index contributed by atoms with van der Waals surface area (Å²) in [4.78, 5) is 10.2. The molecule has 5 heteroatoms. The van der Waals surface area contributed by atoms with E-state index in [0.29, 0.717) is 33.7 Å². The molecule has 8 aromatic rings. The maximum Gasteiger partial charge on any atom is 0.148 e. The zero-order chi connectivity index (χ0) is 47.8. The first-order chi connectivity index (χ1) is 30.9. The van der Waals surface area contributed by atoms with Crippen LogP contribution in [-0.2, 0) is 37.3 Å². The Kier molecular flexibility index (Phi) is 9.19. The Morgan fingerprint density at radius 3 is 1.98 bits per heavy atom. The molecule has 0 saturated carbocycles. The van der Waals surface area contributed by atoms with Crippen molar-refractivity contribution in [2.75, 3.05) is 0 Å². The van der Waals surface area contributed by atoms with Gasteiger partial charge in [0.25, 0.3) is 0 Å². The summed E-state index contributed by atoms with van der Waals surface area (Å²) in [7, 11) is 0. The van der Waals surface area contributed by atoms with Gasteiger partial charge in [0.05, 0.1) is 27.8 Å². The number of nitrogens with zero attached hydrogens (tertiary/aromatic N) is 3. The molecule has 0 amide bonds. The predicted octanol–water partition coefficient (Wildman–Crippen LogP) is 14.5. The number of rotatable bonds is 6. The Morgan fingerprint density at radius 1 is 0.617 bits per heavy atom. The van der Waals surface area contributed by atoms with Crippen LogP contribution in [-0.4, -0.2) is 19.6 Å². The van der Waals surface area contributed by atoms with Crippen LogP contribution in [0.2, 0.25) is 0 Å². The van der Waals surface area contributed by atoms with Crippen molar-refractivity contribution < 1.29 is 35.8 Å². The minimum absolute atomic E-state index is 0. The molecule has 306 valence electrons. The molecule has 0 aliphatic carbocycles. The van der Waals surface area contributed by atoms with Crippen molar-refractivity contribution in [3.63, 3.8) is 0 Å². The Balaban J connectivity index is 0.00000666. The van der Waals surface area contributed by atoms with Gasteiger partial charge in [0.2, 0.25) is 0 Å². The molecule has 6 aromatic carbocycles. The normalized spacial score (nSPS) is 14.0. The maximum absolute atomic E-state index is 12.2. The molecule has 0 aliphatic rings. The van der Waals surface area contributed by atoms with Crippen molar-refractivity contribution in [3.8, 4) is 67.5 Å².